The Morgan fingerprint density at radius 2 is 1.69 bits per heavy atom. The summed E-state index contributed by atoms with van der Waals surface area (Å²) >= 11 is 0. The second-order valence-electron chi connectivity index (χ2n) is 11.4. The van der Waals surface area contributed by atoms with E-state index in [0.29, 0.717) is 5.41 Å². The number of esters is 1. The van der Waals surface area contributed by atoms with Crippen LogP contribution in [0.4, 0.5) is 0 Å². The summed E-state index contributed by atoms with van der Waals surface area (Å²) in [6.45, 7) is 10.5. The van der Waals surface area contributed by atoms with E-state index in [1.807, 2.05) is 27.7 Å². The van der Waals surface area contributed by atoms with Crippen molar-refractivity contribution >= 4 is 5.97 Å². The fourth-order valence-corrected chi connectivity index (χ4v) is 8.33. The molecule has 0 saturated heterocycles. The minimum absolute atomic E-state index is 0.0211. The molecule has 7 saturated carbocycles. The van der Waals surface area contributed by atoms with E-state index in [1.165, 1.54) is 38.5 Å². The molecule has 5 atom stereocenters. The van der Waals surface area contributed by atoms with Gasteiger partial charge in [0.15, 0.2) is 0 Å². The van der Waals surface area contributed by atoms with Gasteiger partial charge >= 0.3 is 5.97 Å². The highest BCUT2D eigenvalue weighted by Crippen LogP contribution is 2.77. The summed E-state index contributed by atoms with van der Waals surface area (Å²) in [5, 5.41) is 0. The van der Waals surface area contributed by atoms with E-state index in [1.54, 1.807) is 0 Å². The van der Waals surface area contributed by atoms with Gasteiger partial charge in [0, 0.05) is 0 Å². The molecule has 7 aliphatic carbocycles. The molecular formula is C23H36O3. The summed E-state index contributed by atoms with van der Waals surface area (Å²) in [4.78, 5) is 12.5. The highest BCUT2D eigenvalue weighted by Gasteiger charge is 2.72. The molecular weight excluding hydrogens is 324 g/mol. The molecule has 7 fully saturated rings. The maximum Gasteiger partial charge on any atom is 0.313 e. The first kappa shape index (κ1) is 17.5. The van der Waals surface area contributed by atoms with Gasteiger partial charge in [-0.3, -0.25) is 4.79 Å². The highest BCUT2D eigenvalue weighted by molar-refractivity contribution is 5.75. The molecule has 0 aromatic carbocycles. The first-order chi connectivity index (χ1) is 12.2. The molecule has 0 aromatic heterocycles. The van der Waals surface area contributed by atoms with Crippen LogP contribution in [-0.2, 0) is 14.3 Å². The van der Waals surface area contributed by atoms with Crippen LogP contribution in [0.1, 0.15) is 79.6 Å². The van der Waals surface area contributed by atoms with Gasteiger partial charge in [0.1, 0.15) is 0 Å². The normalized spacial score (nSPS) is 51.7. The van der Waals surface area contributed by atoms with Crippen LogP contribution in [0.15, 0.2) is 0 Å². The van der Waals surface area contributed by atoms with Crippen molar-refractivity contribution in [1.82, 2.24) is 0 Å². The van der Waals surface area contributed by atoms with Gasteiger partial charge in [-0.2, -0.15) is 0 Å². The van der Waals surface area contributed by atoms with E-state index < -0.39 is 11.7 Å². The molecule has 0 heterocycles. The van der Waals surface area contributed by atoms with Crippen LogP contribution in [0, 0.1) is 46.3 Å². The van der Waals surface area contributed by atoms with E-state index in [0.717, 1.165) is 41.9 Å². The lowest BCUT2D eigenvalue weighted by Gasteiger charge is -2.76. The average Bonchev–Trinajstić information content (AvgIpc) is 2.58. The first-order valence-corrected chi connectivity index (χ1v) is 11.1. The maximum absolute atomic E-state index is 12.5. The Hall–Kier alpha value is -0.570. The number of hydrogen-bond donors (Lipinski definition) is 0. The quantitative estimate of drug-likeness (QED) is 0.500. The molecule has 0 aromatic rings. The minimum Gasteiger partial charge on any atom is -0.436 e. The van der Waals surface area contributed by atoms with Crippen molar-refractivity contribution in [2.75, 3.05) is 0 Å². The minimum atomic E-state index is -0.426. The second-order valence-corrected chi connectivity index (χ2v) is 11.4. The van der Waals surface area contributed by atoms with Crippen molar-refractivity contribution in [3.63, 3.8) is 0 Å². The molecule has 7 aliphatic rings. The number of carbonyl (C=O) groups excluding carboxylic acids is 1. The zero-order valence-corrected chi connectivity index (χ0v) is 17.2. The van der Waals surface area contributed by atoms with Gasteiger partial charge in [0.25, 0.3) is 0 Å². The third kappa shape index (κ3) is 2.19. The Morgan fingerprint density at radius 1 is 1.08 bits per heavy atom. The Labute approximate surface area is 158 Å². The van der Waals surface area contributed by atoms with Gasteiger partial charge in [-0.1, -0.05) is 13.8 Å². The first-order valence-electron chi connectivity index (χ1n) is 11.1. The summed E-state index contributed by atoms with van der Waals surface area (Å²) in [6.07, 6.45) is 8.44. The van der Waals surface area contributed by atoms with Crippen molar-refractivity contribution < 1.29 is 14.3 Å². The predicted octanol–water partition coefficient (Wildman–Crippen LogP) is 5.18. The van der Waals surface area contributed by atoms with Crippen LogP contribution < -0.4 is 0 Å². The van der Waals surface area contributed by atoms with Crippen LogP contribution in [0.25, 0.3) is 0 Å². The summed E-state index contributed by atoms with van der Waals surface area (Å²) in [5.74, 6) is 5.40. The molecule has 7 rings (SSSR count). The molecule has 3 heteroatoms. The number of carbonyl (C=O) groups is 1. The predicted molar refractivity (Wildman–Crippen MR) is 100 cm³/mol. The molecule has 0 spiro atoms. The number of rotatable bonds is 5. The topological polar surface area (TPSA) is 35.5 Å². The van der Waals surface area contributed by atoms with Crippen LogP contribution in [0.2, 0.25) is 0 Å². The molecule has 0 N–H and O–H groups in total. The summed E-state index contributed by atoms with van der Waals surface area (Å²) < 4.78 is 12.3. The van der Waals surface area contributed by atoms with Gasteiger partial charge in [0.05, 0.1) is 11.0 Å². The van der Waals surface area contributed by atoms with Crippen molar-refractivity contribution in [2.24, 2.45) is 46.3 Å². The van der Waals surface area contributed by atoms with Crippen molar-refractivity contribution in [3.8, 4) is 0 Å². The standard InChI is InChI=1S/C23H36O3/c1-6-21(3,4)20(24)25-13(2)26-23-10-17-15-7-14-8-16(17)19(12-23)22(5,9-14)18(15)11-23/h13-19H,6-12H2,1-5H3. The van der Waals surface area contributed by atoms with Crippen LogP contribution >= 0.6 is 0 Å². The van der Waals surface area contributed by atoms with E-state index in [9.17, 15) is 4.79 Å². The van der Waals surface area contributed by atoms with Crippen molar-refractivity contribution in [3.05, 3.63) is 0 Å². The second kappa shape index (κ2) is 5.27. The third-order valence-electron chi connectivity index (χ3n) is 9.68. The van der Waals surface area contributed by atoms with Crippen molar-refractivity contribution in [1.29, 1.82) is 0 Å². The van der Waals surface area contributed by atoms with Gasteiger partial charge in [-0.25, -0.2) is 0 Å². The lowest BCUT2D eigenvalue weighted by molar-refractivity contribution is -0.324. The van der Waals surface area contributed by atoms with Crippen LogP contribution in [0.3, 0.4) is 0 Å². The van der Waals surface area contributed by atoms with E-state index in [2.05, 4.69) is 6.92 Å². The molecule has 0 radical (unpaired) electrons. The fraction of sp³-hybridized carbons (Fsp3) is 0.957. The third-order valence-corrected chi connectivity index (χ3v) is 9.68. The Morgan fingerprint density at radius 3 is 2.27 bits per heavy atom. The molecule has 26 heavy (non-hydrogen) atoms. The Balaban J connectivity index is 1.34. The van der Waals surface area contributed by atoms with E-state index >= 15 is 0 Å². The molecule has 0 aliphatic heterocycles. The summed E-state index contributed by atoms with van der Waals surface area (Å²) in [5.41, 5.74) is 0.127. The molecule has 5 unspecified atom stereocenters. The zero-order valence-electron chi connectivity index (χ0n) is 17.2. The lowest BCUT2D eigenvalue weighted by Crippen LogP contribution is -2.71. The number of ether oxygens (including phenoxy) is 2. The van der Waals surface area contributed by atoms with E-state index in [-0.39, 0.29) is 11.6 Å². The zero-order chi connectivity index (χ0) is 18.5. The fourth-order valence-electron chi connectivity index (χ4n) is 8.33. The summed E-state index contributed by atoms with van der Waals surface area (Å²) in [6, 6.07) is 0. The van der Waals surface area contributed by atoms with Gasteiger partial charge in [0.2, 0.25) is 6.29 Å². The summed E-state index contributed by atoms with van der Waals surface area (Å²) in [7, 11) is 0. The molecule has 0 amide bonds. The Kier molecular flexibility index (Phi) is 3.55. The molecule has 8 bridgehead atoms. The lowest BCUT2D eigenvalue weighted by atomic mass is 9.30. The molecule has 146 valence electrons. The molecule has 3 nitrogen and oxygen atoms in total. The largest absolute Gasteiger partial charge is 0.436 e. The smallest absolute Gasteiger partial charge is 0.313 e. The van der Waals surface area contributed by atoms with E-state index in [4.69, 9.17) is 9.47 Å². The average molecular weight is 361 g/mol. The number of hydrogen-bond acceptors (Lipinski definition) is 3. The maximum atomic E-state index is 12.5. The highest BCUT2D eigenvalue weighted by atomic mass is 16.7. The van der Waals surface area contributed by atoms with Crippen molar-refractivity contribution in [2.45, 2.75) is 91.5 Å². The SMILES string of the molecule is CCC(C)(C)C(=O)OC(C)OC12CC3C4CC5CC3C(C1)C(C)(C5)C4C2. The monoisotopic (exact) mass is 360 g/mol. The van der Waals surface area contributed by atoms with Gasteiger partial charge in [-0.15, -0.1) is 0 Å². The van der Waals surface area contributed by atoms with Gasteiger partial charge in [-0.05, 0) is 107 Å². The van der Waals surface area contributed by atoms with Crippen LogP contribution in [0.5, 0.6) is 0 Å². The van der Waals surface area contributed by atoms with Crippen LogP contribution in [-0.4, -0.2) is 17.9 Å². The Bertz CT molecular complexity index is 599. The van der Waals surface area contributed by atoms with Gasteiger partial charge < -0.3 is 9.47 Å².